The number of nitrogens with zero attached hydrogens (tertiary/aromatic N) is 9. The van der Waals surface area contributed by atoms with Gasteiger partial charge in [0.15, 0.2) is 28.2 Å². The van der Waals surface area contributed by atoms with E-state index in [1.807, 2.05) is 0 Å². The van der Waals surface area contributed by atoms with Crippen molar-refractivity contribution in [2.24, 2.45) is 5.92 Å². The van der Waals surface area contributed by atoms with E-state index in [4.69, 9.17) is 32.2 Å². The predicted octanol–water partition coefficient (Wildman–Crippen LogP) is 1.19. The first-order valence-electron chi connectivity index (χ1n) is 12.5. The summed E-state index contributed by atoms with van der Waals surface area (Å²) in [7, 11) is 1.26. The van der Waals surface area contributed by atoms with E-state index in [-0.39, 0.29) is 22.6 Å². The smallest absolute Gasteiger partial charge is 0.360 e. The summed E-state index contributed by atoms with van der Waals surface area (Å²) in [5, 5.41) is 7.78. The van der Waals surface area contributed by atoms with E-state index in [1.165, 1.54) is 11.6 Å². The van der Waals surface area contributed by atoms with Crippen LogP contribution in [0.15, 0.2) is 22.8 Å². The van der Waals surface area contributed by atoms with E-state index in [9.17, 15) is 4.79 Å². The average Bonchev–Trinajstić information content (AvgIpc) is 3.63. The lowest BCUT2D eigenvalue weighted by Gasteiger charge is -2.46. The molecule has 204 valence electrons. The molecule has 0 saturated carbocycles. The van der Waals surface area contributed by atoms with Crippen LogP contribution in [0.2, 0.25) is 5.15 Å². The minimum absolute atomic E-state index is 0.00262. The van der Waals surface area contributed by atoms with E-state index in [0.717, 1.165) is 32.5 Å². The molecular weight excluding hydrogens is 528 g/mol. The summed E-state index contributed by atoms with van der Waals surface area (Å²) >= 11 is 6.37. The quantitative estimate of drug-likeness (QED) is 0.288. The number of carbonyl (C=O) groups is 1. The van der Waals surface area contributed by atoms with Crippen LogP contribution < -0.4 is 21.7 Å². The first-order valence-corrected chi connectivity index (χ1v) is 12.9. The molecule has 15 nitrogen and oxygen atoms in total. The predicted molar refractivity (Wildman–Crippen MR) is 142 cm³/mol. The van der Waals surface area contributed by atoms with Crippen LogP contribution >= 0.6 is 11.6 Å². The second-order valence-electron chi connectivity index (χ2n) is 9.51. The Morgan fingerprint density at radius 2 is 2.05 bits per heavy atom. The number of anilines is 4. The zero-order valence-electron chi connectivity index (χ0n) is 21.1. The summed E-state index contributed by atoms with van der Waals surface area (Å²) in [4.78, 5) is 38.1. The molecule has 4 aromatic heterocycles. The molecule has 39 heavy (non-hydrogen) atoms. The van der Waals surface area contributed by atoms with E-state index >= 15 is 0 Å². The van der Waals surface area contributed by atoms with Crippen LogP contribution in [0.3, 0.4) is 0 Å². The average molecular weight is 555 g/mol. The van der Waals surface area contributed by atoms with Gasteiger partial charge >= 0.3 is 5.97 Å². The Labute approximate surface area is 227 Å². The first-order chi connectivity index (χ1) is 18.9. The van der Waals surface area contributed by atoms with Gasteiger partial charge in [0.05, 0.1) is 13.4 Å². The van der Waals surface area contributed by atoms with Gasteiger partial charge in [0.25, 0.3) is 5.78 Å². The summed E-state index contributed by atoms with van der Waals surface area (Å²) in [6, 6.07) is 3.88. The van der Waals surface area contributed by atoms with Crippen molar-refractivity contribution >= 4 is 46.9 Å². The molecule has 2 saturated heterocycles. The second kappa shape index (κ2) is 10.1. The Bertz CT molecular complexity index is 1510. The number of nitrogens with one attached hydrogen (secondary N) is 1. The van der Waals surface area contributed by atoms with Crippen LogP contribution in [0.1, 0.15) is 23.3 Å². The van der Waals surface area contributed by atoms with Crippen LogP contribution in [0, 0.1) is 5.92 Å². The van der Waals surface area contributed by atoms with Gasteiger partial charge in [0.1, 0.15) is 0 Å². The molecule has 4 aromatic rings. The highest BCUT2D eigenvalue weighted by Gasteiger charge is 2.34. The van der Waals surface area contributed by atoms with E-state index in [2.05, 4.69) is 45.1 Å². The molecule has 2 atom stereocenters. The number of hydrogen-bond acceptors (Lipinski definition) is 14. The van der Waals surface area contributed by atoms with Gasteiger partial charge in [-0.25, -0.2) is 14.8 Å². The number of carbonyl (C=O) groups excluding carboxylic acids is 1. The molecule has 0 bridgehead atoms. The lowest BCUT2D eigenvalue weighted by Crippen LogP contribution is -2.57. The Kier molecular flexibility index (Phi) is 6.52. The number of piperidine rings is 1. The topological polar surface area (TPSA) is 192 Å². The molecule has 16 heteroatoms. The first kappa shape index (κ1) is 25.1. The third kappa shape index (κ3) is 4.85. The third-order valence-corrected chi connectivity index (χ3v) is 7.32. The minimum atomic E-state index is -0.668. The number of esters is 1. The van der Waals surface area contributed by atoms with Crippen LogP contribution in [0.4, 0.5) is 23.5 Å². The summed E-state index contributed by atoms with van der Waals surface area (Å²) in [6.45, 7) is 3.92. The molecule has 2 aliphatic rings. The van der Waals surface area contributed by atoms with Crippen LogP contribution in [-0.4, -0.2) is 91.3 Å². The van der Waals surface area contributed by atoms with Gasteiger partial charge in [0, 0.05) is 38.8 Å². The molecule has 0 unspecified atom stereocenters. The highest BCUT2D eigenvalue weighted by Crippen LogP contribution is 2.31. The van der Waals surface area contributed by atoms with Crippen molar-refractivity contribution in [3.8, 4) is 11.6 Å². The van der Waals surface area contributed by atoms with Crippen molar-refractivity contribution in [3.63, 3.8) is 0 Å². The molecule has 6 rings (SSSR count). The lowest BCUT2D eigenvalue weighted by atomic mass is 9.91. The fourth-order valence-electron chi connectivity index (χ4n) is 5.11. The Morgan fingerprint density at radius 3 is 2.85 bits per heavy atom. The fourth-order valence-corrected chi connectivity index (χ4v) is 5.36. The fraction of sp³-hybridized carbons (Fsp3) is 0.435. The van der Waals surface area contributed by atoms with Crippen molar-refractivity contribution in [1.29, 1.82) is 0 Å². The third-order valence-electron chi connectivity index (χ3n) is 7.07. The number of piperazine rings is 1. The van der Waals surface area contributed by atoms with Crippen molar-refractivity contribution in [2.45, 2.75) is 18.9 Å². The Morgan fingerprint density at radius 1 is 1.18 bits per heavy atom. The standard InChI is InChI=1S/C23H27ClN12O3/c1-38-20(37)15-17(25)29-19(16(24)28-15)35-7-6-34-10-12(4-5-13(34)11-35)9-27-22-31-21(26)36-23(32-22)30-18(33-36)14-3-2-8-39-14/h2-3,8,12-13H,4-7,9-11H2,1H3,(H2,25,29)(H3,26,27,30,31,32,33)/t12-,13+/m0/s1. The number of fused-ring (bicyclic) bond motifs is 2. The second-order valence-corrected chi connectivity index (χ2v) is 9.87. The van der Waals surface area contributed by atoms with Gasteiger partial charge in [0.2, 0.25) is 17.7 Å². The number of aromatic nitrogens is 7. The Hall–Kier alpha value is -4.24. The van der Waals surface area contributed by atoms with Gasteiger partial charge in [-0.05, 0) is 30.9 Å². The molecule has 5 N–H and O–H groups in total. The van der Waals surface area contributed by atoms with E-state index in [0.29, 0.717) is 54.2 Å². The number of nitrogen functional groups attached to an aromatic ring is 2. The van der Waals surface area contributed by atoms with Crippen molar-refractivity contribution in [3.05, 3.63) is 29.2 Å². The zero-order chi connectivity index (χ0) is 27.1. The van der Waals surface area contributed by atoms with Crippen LogP contribution in [0.5, 0.6) is 0 Å². The molecule has 2 aliphatic heterocycles. The zero-order valence-corrected chi connectivity index (χ0v) is 21.9. The van der Waals surface area contributed by atoms with E-state index < -0.39 is 5.97 Å². The van der Waals surface area contributed by atoms with Crippen molar-refractivity contribution in [1.82, 2.24) is 39.4 Å². The molecule has 0 aliphatic carbocycles. The molecular formula is C23H27ClN12O3. The highest BCUT2D eigenvalue weighted by molar-refractivity contribution is 6.32. The monoisotopic (exact) mass is 554 g/mol. The molecule has 0 spiro atoms. The summed E-state index contributed by atoms with van der Waals surface area (Å²) in [6.07, 6.45) is 3.58. The molecule has 0 amide bonds. The number of hydrogen-bond donors (Lipinski definition) is 3. The lowest BCUT2D eigenvalue weighted by molar-refractivity contribution is 0.0595. The van der Waals surface area contributed by atoms with E-state index in [1.54, 1.807) is 18.4 Å². The summed E-state index contributed by atoms with van der Waals surface area (Å²) in [5.41, 5.74) is 12.0. The number of furan rings is 1. The van der Waals surface area contributed by atoms with Gasteiger partial charge in [-0.3, -0.25) is 4.90 Å². The normalized spacial score (nSPS) is 19.7. The van der Waals surface area contributed by atoms with Crippen molar-refractivity contribution in [2.75, 3.05) is 61.5 Å². The van der Waals surface area contributed by atoms with Crippen LogP contribution in [0.25, 0.3) is 17.4 Å². The molecule has 6 heterocycles. The van der Waals surface area contributed by atoms with Gasteiger partial charge in [-0.1, -0.05) is 11.6 Å². The maximum atomic E-state index is 11.8. The Balaban J connectivity index is 1.07. The van der Waals surface area contributed by atoms with Gasteiger partial charge in [-0.15, -0.1) is 5.10 Å². The van der Waals surface area contributed by atoms with Crippen LogP contribution in [-0.2, 0) is 4.74 Å². The van der Waals surface area contributed by atoms with Crippen molar-refractivity contribution < 1.29 is 13.9 Å². The number of halogens is 1. The minimum Gasteiger partial charge on any atom is -0.464 e. The van der Waals surface area contributed by atoms with Gasteiger partial charge < -0.3 is 30.8 Å². The highest BCUT2D eigenvalue weighted by atomic mass is 35.5. The summed E-state index contributed by atoms with van der Waals surface area (Å²) < 4.78 is 11.4. The van der Waals surface area contributed by atoms with Gasteiger partial charge in [-0.2, -0.15) is 19.5 Å². The largest absolute Gasteiger partial charge is 0.464 e. The number of rotatable bonds is 6. The maximum absolute atomic E-state index is 11.8. The molecule has 0 aromatic carbocycles. The molecule has 2 fully saturated rings. The number of nitrogens with two attached hydrogens (primary N) is 2. The SMILES string of the molecule is COC(=O)c1nc(Cl)c(N2CCN3C[C@H](CNc4nc(N)n5nc(-c6ccco6)nc5n4)CC[C@@H]3C2)nc1N. The number of ether oxygens (including phenoxy) is 1. The molecule has 0 radical (unpaired) electrons. The maximum Gasteiger partial charge on any atom is 0.360 e. The number of methoxy groups -OCH3 is 1. The summed E-state index contributed by atoms with van der Waals surface area (Å²) in [5.74, 6) is 2.09.